The summed E-state index contributed by atoms with van der Waals surface area (Å²) in [5.41, 5.74) is 0.146. The molecule has 1 aromatic rings. The Morgan fingerprint density at radius 3 is 2.74 bits per heavy atom. The van der Waals surface area contributed by atoms with Gasteiger partial charge >= 0.3 is 0 Å². The molecule has 0 atom stereocenters. The highest BCUT2D eigenvalue weighted by Crippen LogP contribution is 2.09. The highest BCUT2D eigenvalue weighted by atomic mass is 19.1. The molecule has 0 aliphatic rings. The zero-order valence-electron chi connectivity index (χ0n) is 11.1. The van der Waals surface area contributed by atoms with Gasteiger partial charge in [0.25, 0.3) is 0 Å². The van der Waals surface area contributed by atoms with Crippen LogP contribution in [0.15, 0.2) is 24.3 Å². The molecular formula is C14H20FNO3. The number of carbonyl (C=O) groups excluding carboxylic acids is 1. The zero-order chi connectivity index (χ0) is 14.1. The van der Waals surface area contributed by atoms with E-state index >= 15 is 0 Å². The van der Waals surface area contributed by atoms with Crippen LogP contribution in [0.5, 0.6) is 0 Å². The lowest BCUT2D eigenvalue weighted by Crippen LogP contribution is -2.26. The van der Waals surface area contributed by atoms with Crippen LogP contribution in [0.1, 0.15) is 16.8 Å². The molecule has 5 heteroatoms. The Morgan fingerprint density at radius 1 is 1.32 bits per heavy atom. The molecule has 1 rings (SSSR count). The van der Waals surface area contributed by atoms with Crippen LogP contribution in [0, 0.1) is 5.82 Å². The Labute approximate surface area is 112 Å². The van der Waals surface area contributed by atoms with E-state index in [1.54, 1.807) is 12.1 Å². The van der Waals surface area contributed by atoms with Crippen molar-refractivity contribution >= 4 is 5.78 Å². The molecular weight excluding hydrogens is 249 g/mol. The number of benzene rings is 1. The number of rotatable bonds is 9. The van der Waals surface area contributed by atoms with Gasteiger partial charge in [0.05, 0.1) is 25.4 Å². The van der Waals surface area contributed by atoms with E-state index in [9.17, 15) is 9.18 Å². The second-order valence-electron chi connectivity index (χ2n) is 4.29. The number of Topliss-reactive ketones (excluding diaryl/α,β-unsaturated/α-hetero) is 1. The minimum absolute atomic E-state index is 0.00941. The second kappa shape index (κ2) is 8.74. The van der Waals surface area contributed by atoms with Crippen LogP contribution < -0.4 is 0 Å². The van der Waals surface area contributed by atoms with Gasteiger partial charge in [0.1, 0.15) is 5.82 Å². The van der Waals surface area contributed by atoms with Crippen LogP contribution in [-0.2, 0) is 4.74 Å². The molecule has 0 aliphatic carbocycles. The minimum atomic E-state index is -0.471. The van der Waals surface area contributed by atoms with Gasteiger partial charge < -0.3 is 14.7 Å². The van der Waals surface area contributed by atoms with E-state index in [0.29, 0.717) is 26.3 Å². The molecule has 0 spiro atoms. The summed E-state index contributed by atoms with van der Waals surface area (Å²) in [5, 5.41) is 8.54. The van der Waals surface area contributed by atoms with Crippen molar-refractivity contribution in [2.45, 2.75) is 6.42 Å². The highest BCUT2D eigenvalue weighted by molar-refractivity contribution is 5.96. The Bertz CT molecular complexity index is 398. The summed E-state index contributed by atoms with van der Waals surface area (Å²) in [4.78, 5) is 13.8. The Morgan fingerprint density at radius 2 is 2.05 bits per heavy atom. The van der Waals surface area contributed by atoms with Crippen LogP contribution in [0.2, 0.25) is 0 Å². The molecule has 0 radical (unpaired) electrons. The summed E-state index contributed by atoms with van der Waals surface area (Å²) in [6.07, 6.45) is 0.275. The van der Waals surface area contributed by atoms with Crippen molar-refractivity contribution in [3.05, 3.63) is 35.6 Å². The number of halogens is 1. The summed E-state index contributed by atoms with van der Waals surface area (Å²) in [5.74, 6) is -0.664. The standard InChI is InChI=1S/C14H20FNO3/c1-16(8-10-19-11-9-17)7-6-14(18)12-4-2-3-5-13(12)15/h2-5,17H,6-11H2,1H3. The van der Waals surface area contributed by atoms with Crippen LogP contribution in [0.4, 0.5) is 4.39 Å². The summed E-state index contributed by atoms with van der Waals surface area (Å²) < 4.78 is 18.5. The van der Waals surface area contributed by atoms with Gasteiger partial charge in [0, 0.05) is 19.5 Å². The second-order valence-corrected chi connectivity index (χ2v) is 4.29. The quantitative estimate of drug-likeness (QED) is 0.543. The molecule has 0 bridgehead atoms. The topological polar surface area (TPSA) is 49.8 Å². The first-order chi connectivity index (χ1) is 9.15. The molecule has 0 unspecified atom stereocenters. The van der Waals surface area contributed by atoms with Gasteiger partial charge in [-0.3, -0.25) is 4.79 Å². The smallest absolute Gasteiger partial charge is 0.167 e. The number of hydrogen-bond acceptors (Lipinski definition) is 4. The predicted octanol–water partition coefficient (Wildman–Crippen LogP) is 1.34. The van der Waals surface area contributed by atoms with E-state index in [-0.39, 0.29) is 24.4 Å². The van der Waals surface area contributed by atoms with Crippen LogP contribution in [-0.4, -0.2) is 55.7 Å². The van der Waals surface area contributed by atoms with E-state index in [1.165, 1.54) is 12.1 Å². The maximum atomic E-state index is 13.4. The van der Waals surface area contributed by atoms with Gasteiger partial charge in [0.15, 0.2) is 5.78 Å². The van der Waals surface area contributed by atoms with Crippen LogP contribution in [0.3, 0.4) is 0 Å². The Balaban J connectivity index is 2.28. The third-order valence-electron chi connectivity index (χ3n) is 2.75. The molecule has 0 aliphatic heterocycles. The average molecular weight is 269 g/mol. The molecule has 4 nitrogen and oxygen atoms in total. The number of nitrogens with zero attached hydrogens (tertiary/aromatic N) is 1. The van der Waals surface area contributed by atoms with Crippen molar-refractivity contribution < 1.29 is 19.0 Å². The summed E-state index contributed by atoms with van der Waals surface area (Å²) >= 11 is 0. The molecule has 0 aromatic heterocycles. The lowest BCUT2D eigenvalue weighted by atomic mass is 10.1. The van der Waals surface area contributed by atoms with Crippen molar-refractivity contribution in [1.29, 1.82) is 0 Å². The minimum Gasteiger partial charge on any atom is -0.394 e. The normalized spacial score (nSPS) is 10.9. The summed E-state index contributed by atoms with van der Waals surface area (Å²) in [6.45, 7) is 2.06. The average Bonchev–Trinajstić information content (AvgIpc) is 2.41. The molecule has 0 saturated carbocycles. The first-order valence-electron chi connectivity index (χ1n) is 6.30. The maximum absolute atomic E-state index is 13.4. The Hall–Kier alpha value is -1.30. The van der Waals surface area contributed by atoms with E-state index in [0.717, 1.165) is 0 Å². The van der Waals surface area contributed by atoms with Crippen molar-refractivity contribution in [1.82, 2.24) is 4.90 Å². The van der Waals surface area contributed by atoms with Crippen molar-refractivity contribution in [2.75, 3.05) is 40.0 Å². The number of aliphatic hydroxyl groups is 1. The van der Waals surface area contributed by atoms with E-state index in [1.807, 2.05) is 11.9 Å². The molecule has 106 valence electrons. The van der Waals surface area contributed by atoms with Gasteiger partial charge in [-0.05, 0) is 19.2 Å². The number of likely N-dealkylation sites (N-methyl/N-ethyl adjacent to an activating group) is 1. The first-order valence-corrected chi connectivity index (χ1v) is 6.30. The van der Waals surface area contributed by atoms with Gasteiger partial charge in [-0.25, -0.2) is 4.39 Å². The van der Waals surface area contributed by atoms with Gasteiger partial charge in [-0.15, -0.1) is 0 Å². The number of aliphatic hydroxyl groups excluding tert-OH is 1. The number of ketones is 1. The first kappa shape index (κ1) is 15.8. The lowest BCUT2D eigenvalue weighted by Gasteiger charge is -2.15. The predicted molar refractivity (Wildman–Crippen MR) is 70.7 cm³/mol. The van der Waals surface area contributed by atoms with E-state index < -0.39 is 5.82 Å². The molecule has 1 aromatic carbocycles. The van der Waals surface area contributed by atoms with Crippen LogP contribution >= 0.6 is 0 Å². The van der Waals surface area contributed by atoms with Crippen LogP contribution in [0.25, 0.3) is 0 Å². The molecule has 0 heterocycles. The third kappa shape index (κ3) is 5.92. The van der Waals surface area contributed by atoms with E-state index in [4.69, 9.17) is 9.84 Å². The third-order valence-corrected chi connectivity index (χ3v) is 2.75. The van der Waals surface area contributed by atoms with Gasteiger partial charge in [-0.1, -0.05) is 12.1 Å². The highest BCUT2D eigenvalue weighted by Gasteiger charge is 2.11. The zero-order valence-corrected chi connectivity index (χ0v) is 11.1. The lowest BCUT2D eigenvalue weighted by molar-refractivity contribution is 0.0767. The van der Waals surface area contributed by atoms with Crippen molar-refractivity contribution in [3.8, 4) is 0 Å². The molecule has 0 fully saturated rings. The van der Waals surface area contributed by atoms with E-state index in [2.05, 4.69) is 0 Å². The summed E-state index contributed by atoms with van der Waals surface area (Å²) in [6, 6.07) is 6.02. The fraction of sp³-hybridized carbons (Fsp3) is 0.500. The fourth-order valence-electron chi connectivity index (χ4n) is 1.61. The maximum Gasteiger partial charge on any atom is 0.167 e. The van der Waals surface area contributed by atoms with Gasteiger partial charge in [0.2, 0.25) is 0 Å². The largest absolute Gasteiger partial charge is 0.394 e. The summed E-state index contributed by atoms with van der Waals surface area (Å²) in [7, 11) is 1.87. The SMILES string of the molecule is CN(CCOCCO)CCC(=O)c1ccccc1F. The molecule has 1 N–H and O–H groups in total. The number of carbonyl (C=O) groups is 1. The Kier molecular flexibility index (Phi) is 7.25. The fourth-order valence-corrected chi connectivity index (χ4v) is 1.61. The van der Waals surface area contributed by atoms with Crippen molar-refractivity contribution in [2.24, 2.45) is 0 Å². The number of hydrogen-bond donors (Lipinski definition) is 1. The monoisotopic (exact) mass is 269 g/mol. The molecule has 0 saturated heterocycles. The molecule has 0 amide bonds. The van der Waals surface area contributed by atoms with Crippen molar-refractivity contribution in [3.63, 3.8) is 0 Å². The number of ether oxygens (including phenoxy) is 1. The van der Waals surface area contributed by atoms with Gasteiger partial charge in [-0.2, -0.15) is 0 Å². The molecule has 19 heavy (non-hydrogen) atoms.